The molecule has 1 heterocycles. The summed E-state index contributed by atoms with van der Waals surface area (Å²) >= 11 is 3.53. The zero-order valence-corrected chi connectivity index (χ0v) is 13.1. The van der Waals surface area contributed by atoms with Gasteiger partial charge in [0.25, 0.3) is 0 Å². The molecule has 0 saturated heterocycles. The summed E-state index contributed by atoms with van der Waals surface area (Å²) in [6.07, 6.45) is 4.22. The Bertz CT molecular complexity index is 576. The predicted octanol–water partition coefficient (Wildman–Crippen LogP) is 4.23. The Morgan fingerprint density at radius 2 is 2.20 bits per heavy atom. The molecule has 4 heteroatoms. The van der Waals surface area contributed by atoms with E-state index < -0.39 is 0 Å². The lowest BCUT2D eigenvalue weighted by Crippen LogP contribution is -2.27. The van der Waals surface area contributed by atoms with Gasteiger partial charge in [0.2, 0.25) is 0 Å². The lowest BCUT2D eigenvalue weighted by molar-refractivity contribution is 0.500. The van der Waals surface area contributed by atoms with E-state index in [9.17, 15) is 0 Å². The first-order valence-electron chi connectivity index (χ1n) is 6.99. The normalized spacial score (nSPS) is 16.1. The second-order valence-electron chi connectivity index (χ2n) is 5.43. The molecule has 0 spiro atoms. The molecule has 1 unspecified atom stereocenters. The van der Waals surface area contributed by atoms with E-state index in [1.807, 2.05) is 19.1 Å². The summed E-state index contributed by atoms with van der Waals surface area (Å²) in [4.78, 5) is 2.42. The minimum atomic E-state index is 0.0142. The Labute approximate surface area is 127 Å². The number of furan rings is 1. The smallest absolute Gasteiger partial charge is 0.123 e. The van der Waals surface area contributed by atoms with Gasteiger partial charge in [0, 0.05) is 22.2 Å². The molecule has 0 amide bonds. The third-order valence-electron chi connectivity index (χ3n) is 3.68. The summed E-state index contributed by atoms with van der Waals surface area (Å²) in [5.74, 6) is 0.996. The van der Waals surface area contributed by atoms with Gasteiger partial charge in [-0.1, -0.05) is 15.9 Å². The van der Waals surface area contributed by atoms with Crippen molar-refractivity contribution in [3.63, 3.8) is 0 Å². The van der Waals surface area contributed by atoms with Gasteiger partial charge < -0.3 is 15.1 Å². The Hall–Kier alpha value is -1.26. The van der Waals surface area contributed by atoms with Crippen LogP contribution in [0.15, 0.2) is 45.5 Å². The van der Waals surface area contributed by atoms with E-state index >= 15 is 0 Å². The highest BCUT2D eigenvalue weighted by molar-refractivity contribution is 9.10. The molecule has 1 fully saturated rings. The zero-order chi connectivity index (χ0) is 14.1. The van der Waals surface area contributed by atoms with Crippen molar-refractivity contribution in [1.29, 1.82) is 0 Å². The SMILES string of the molecule is CC(N)c1cc(Br)ccc1N(Cc1ccco1)C1CC1. The van der Waals surface area contributed by atoms with E-state index in [2.05, 4.69) is 39.0 Å². The van der Waals surface area contributed by atoms with Crippen molar-refractivity contribution in [2.75, 3.05) is 4.90 Å². The highest BCUT2D eigenvalue weighted by Gasteiger charge is 2.31. The number of nitrogens with two attached hydrogens (primary N) is 1. The molecule has 1 saturated carbocycles. The minimum Gasteiger partial charge on any atom is -0.467 e. The molecule has 1 aromatic heterocycles. The topological polar surface area (TPSA) is 42.4 Å². The maximum absolute atomic E-state index is 6.14. The van der Waals surface area contributed by atoms with Gasteiger partial charge in [-0.15, -0.1) is 0 Å². The number of anilines is 1. The molecule has 106 valence electrons. The van der Waals surface area contributed by atoms with Gasteiger partial charge in [-0.05, 0) is 55.7 Å². The lowest BCUT2D eigenvalue weighted by atomic mass is 10.1. The van der Waals surface area contributed by atoms with Crippen LogP contribution in [0.3, 0.4) is 0 Å². The van der Waals surface area contributed by atoms with Crippen LogP contribution >= 0.6 is 15.9 Å². The van der Waals surface area contributed by atoms with Gasteiger partial charge in [0.05, 0.1) is 12.8 Å². The average Bonchev–Trinajstić information content (AvgIpc) is 3.13. The first-order chi connectivity index (χ1) is 9.65. The van der Waals surface area contributed by atoms with E-state index in [4.69, 9.17) is 10.2 Å². The summed E-state index contributed by atoms with van der Waals surface area (Å²) in [6, 6.07) is 11.0. The second-order valence-corrected chi connectivity index (χ2v) is 6.35. The van der Waals surface area contributed by atoms with Crippen molar-refractivity contribution in [2.24, 2.45) is 5.73 Å². The summed E-state index contributed by atoms with van der Waals surface area (Å²) < 4.78 is 6.58. The monoisotopic (exact) mass is 334 g/mol. The van der Waals surface area contributed by atoms with E-state index in [-0.39, 0.29) is 6.04 Å². The third kappa shape index (κ3) is 2.91. The molecular weight excluding hydrogens is 316 g/mol. The fraction of sp³-hybridized carbons (Fsp3) is 0.375. The Balaban J connectivity index is 1.95. The summed E-state index contributed by atoms with van der Waals surface area (Å²) in [6.45, 7) is 2.84. The maximum atomic E-state index is 6.14. The average molecular weight is 335 g/mol. The predicted molar refractivity (Wildman–Crippen MR) is 84.7 cm³/mol. The van der Waals surface area contributed by atoms with Gasteiger partial charge in [0.15, 0.2) is 0 Å². The fourth-order valence-electron chi connectivity index (χ4n) is 2.52. The Kier molecular flexibility index (Phi) is 3.85. The van der Waals surface area contributed by atoms with Crippen LogP contribution in [-0.4, -0.2) is 6.04 Å². The molecule has 0 radical (unpaired) electrons. The Morgan fingerprint density at radius 1 is 1.40 bits per heavy atom. The molecule has 3 nitrogen and oxygen atoms in total. The summed E-state index contributed by atoms with van der Waals surface area (Å²) in [5.41, 5.74) is 8.55. The molecule has 1 aliphatic carbocycles. The molecule has 2 N–H and O–H groups in total. The number of benzene rings is 1. The Morgan fingerprint density at radius 3 is 2.80 bits per heavy atom. The highest BCUT2D eigenvalue weighted by Crippen LogP contribution is 2.37. The van der Waals surface area contributed by atoms with Gasteiger partial charge in [-0.2, -0.15) is 0 Å². The van der Waals surface area contributed by atoms with Crippen LogP contribution in [0.4, 0.5) is 5.69 Å². The maximum Gasteiger partial charge on any atom is 0.123 e. The quantitative estimate of drug-likeness (QED) is 0.889. The van der Waals surface area contributed by atoms with Crippen molar-refractivity contribution in [1.82, 2.24) is 0 Å². The van der Waals surface area contributed by atoms with Crippen LogP contribution in [0.1, 0.15) is 37.1 Å². The molecule has 20 heavy (non-hydrogen) atoms. The number of rotatable bonds is 5. The number of hydrogen-bond donors (Lipinski definition) is 1. The van der Waals surface area contributed by atoms with Crippen LogP contribution in [-0.2, 0) is 6.54 Å². The summed E-state index contributed by atoms with van der Waals surface area (Å²) in [7, 11) is 0. The zero-order valence-electron chi connectivity index (χ0n) is 11.6. The first kappa shape index (κ1) is 13.7. The van der Waals surface area contributed by atoms with Crippen LogP contribution in [0.25, 0.3) is 0 Å². The van der Waals surface area contributed by atoms with E-state index in [1.165, 1.54) is 24.1 Å². The molecule has 1 aromatic carbocycles. The standard InChI is InChI=1S/C16H19BrN2O/c1-11(18)15-9-12(17)4-7-16(15)19(13-5-6-13)10-14-3-2-8-20-14/h2-4,7-9,11,13H,5-6,10,18H2,1H3. The molecule has 3 rings (SSSR count). The van der Waals surface area contributed by atoms with Crippen LogP contribution < -0.4 is 10.6 Å². The van der Waals surface area contributed by atoms with E-state index in [1.54, 1.807) is 6.26 Å². The van der Waals surface area contributed by atoms with Gasteiger partial charge in [0.1, 0.15) is 5.76 Å². The largest absolute Gasteiger partial charge is 0.467 e. The van der Waals surface area contributed by atoms with Crippen molar-refractivity contribution >= 4 is 21.6 Å². The molecule has 2 aromatic rings. The molecule has 0 aliphatic heterocycles. The molecule has 0 bridgehead atoms. The fourth-order valence-corrected chi connectivity index (χ4v) is 2.90. The lowest BCUT2D eigenvalue weighted by Gasteiger charge is -2.27. The first-order valence-corrected chi connectivity index (χ1v) is 7.78. The van der Waals surface area contributed by atoms with E-state index in [0.717, 1.165) is 16.8 Å². The number of halogens is 1. The minimum absolute atomic E-state index is 0.0142. The molecule has 1 atom stereocenters. The number of hydrogen-bond acceptors (Lipinski definition) is 3. The third-order valence-corrected chi connectivity index (χ3v) is 4.18. The molecular formula is C16H19BrN2O. The van der Waals surface area contributed by atoms with Crippen molar-refractivity contribution < 1.29 is 4.42 Å². The van der Waals surface area contributed by atoms with Crippen LogP contribution in [0, 0.1) is 0 Å². The van der Waals surface area contributed by atoms with E-state index in [0.29, 0.717) is 6.04 Å². The van der Waals surface area contributed by atoms with Crippen LogP contribution in [0.5, 0.6) is 0 Å². The van der Waals surface area contributed by atoms with Crippen LogP contribution in [0.2, 0.25) is 0 Å². The summed E-state index contributed by atoms with van der Waals surface area (Å²) in [5, 5.41) is 0. The highest BCUT2D eigenvalue weighted by atomic mass is 79.9. The van der Waals surface area contributed by atoms with Crippen molar-refractivity contribution in [3.8, 4) is 0 Å². The van der Waals surface area contributed by atoms with Gasteiger partial charge >= 0.3 is 0 Å². The van der Waals surface area contributed by atoms with Gasteiger partial charge in [-0.3, -0.25) is 0 Å². The van der Waals surface area contributed by atoms with Crippen molar-refractivity contribution in [3.05, 3.63) is 52.4 Å². The van der Waals surface area contributed by atoms with Crippen molar-refractivity contribution in [2.45, 2.75) is 38.4 Å². The second kappa shape index (κ2) is 5.62. The number of nitrogens with zero attached hydrogens (tertiary/aromatic N) is 1. The van der Waals surface area contributed by atoms with Gasteiger partial charge in [-0.25, -0.2) is 0 Å². The molecule has 1 aliphatic rings.